The van der Waals surface area contributed by atoms with E-state index < -0.39 is 0 Å². The number of rotatable bonds is 6. The predicted octanol–water partition coefficient (Wildman–Crippen LogP) is 4.30. The van der Waals surface area contributed by atoms with E-state index in [1.165, 1.54) is 6.42 Å². The first-order valence-electron chi connectivity index (χ1n) is 8.91. The van der Waals surface area contributed by atoms with Crippen LogP contribution in [0.5, 0.6) is 5.75 Å². The van der Waals surface area contributed by atoms with E-state index >= 15 is 0 Å². The maximum absolute atomic E-state index is 12.1. The number of hydrogen-bond acceptors (Lipinski definition) is 3. The van der Waals surface area contributed by atoms with Crippen molar-refractivity contribution in [1.29, 1.82) is 0 Å². The zero-order valence-corrected chi connectivity index (χ0v) is 14.4. The van der Waals surface area contributed by atoms with Crippen molar-refractivity contribution in [3.05, 3.63) is 65.7 Å². The molecule has 1 aliphatic rings. The first-order valence-corrected chi connectivity index (χ1v) is 8.91. The van der Waals surface area contributed by atoms with Gasteiger partial charge in [0.2, 0.25) is 5.91 Å². The molecule has 0 aliphatic heterocycles. The lowest BCUT2D eigenvalue weighted by Gasteiger charge is -2.19. The zero-order chi connectivity index (χ0) is 17.3. The van der Waals surface area contributed by atoms with Crippen LogP contribution in [0.1, 0.15) is 43.2 Å². The van der Waals surface area contributed by atoms with Crippen molar-refractivity contribution in [2.75, 3.05) is 0 Å². The fraction of sp³-hybridized carbons (Fsp3) is 0.333. The van der Waals surface area contributed by atoms with Crippen molar-refractivity contribution in [2.45, 2.75) is 38.7 Å². The number of hydrazone groups is 1. The van der Waals surface area contributed by atoms with Gasteiger partial charge in [-0.05, 0) is 36.1 Å². The topological polar surface area (TPSA) is 50.7 Å². The number of nitrogens with one attached hydrogen (secondary N) is 1. The standard InChI is InChI=1S/C21H24N2O2/c24-21(19-11-5-2-6-12-19)23-22-15-18-10-7-13-20(14-18)25-16-17-8-3-1-4-9-17/h1,3-4,7-10,13-15,19H,2,5-6,11-12,16H2,(H,23,24)/b22-15+. The highest BCUT2D eigenvalue weighted by molar-refractivity contribution is 5.83. The molecular formula is C21H24N2O2. The molecule has 0 atom stereocenters. The van der Waals surface area contributed by atoms with Crippen molar-refractivity contribution in [1.82, 2.24) is 5.43 Å². The zero-order valence-electron chi connectivity index (χ0n) is 14.4. The third-order valence-corrected chi connectivity index (χ3v) is 4.47. The number of carbonyl (C=O) groups is 1. The number of carbonyl (C=O) groups excluding carboxylic acids is 1. The predicted molar refractivity (Wildman–Crippen MR) is 99.5 cm³/mol. The molecule has 0 radical (unpaired) electrons. The smallest absolute Gasteiger partial charge is 0.243 e. The average molecular weight is 336 g/mol. The van der Waals surface area contributed by atoms with Crippen LogP contribution in [0.3, 0.4) is 0 Å². The molecule has 2 aromatic rings. The Kier molecular flexibility index (Phi) is 6.21. The quantitative estimate of drug-likeness (QED) is 0.632. The second-order valence-corrected chi connectivity index (χ2v) is 6.42. The number of hydrogen-bond donors (Lipinski definition) is 1. The molecule has 0 spiro atoms. The molecule has 130 valence electrons. The molecular weight excluding hydrogens is 312 g/mol. The molecule has 3 rings (SSSR count). The van der Waals surface area contributed by atoms with E-state index in [0.717, 1.165) is 42.6 Å². The van der Waals surface area contributed by atoms with Crippen LogP contribution >= 0.6 is 0 Å². The number of nitrogens with zero attached hydrogens (tertiary/aromatic N) is 1. The molecule has 1 saturated carbocycles. The molecule has 1 fully saturated rings. The Morgan fingerprint density at radius 3 is 2.68 bits per heavy atom. The van der Waals surface area contributed by atoms with Crippen LogP contribution in [0.15, 0.2) is 59.7 Å². The summed E-state index contributed by atoms with van der Waals surface area (Å²) in [5.41, 5.74) is 4.69. The van der Waals surface area contributed by atoms with Gasteiger partial charge in [-0.1, -0.05) is 61.7 Å². The molecule has 0 aromatic heterocycles. The van der Waals surface area contributed by atoms with Crippen molar-refractivity contribution in [3.8, 4) is 5.75 Å². The average Bonchev–Trinajstić information content (AvgIpc) is 2.68. The Hall–Kier alpha value is -2.62. The van der Waals surface area contributed by atoms with Crippen molar-refractivity contribution in [2.24, 2.45) is 11.0 Å². The molecule has 0 unspecified atom stereocenters. The molecule has 1 aliphatic carbocycles. The SMILES string of the molecule is O=C(N/N=C/c1cccc(OCc2ccccc2)c1)C1CCCCC1. The summed E-state index contributed by atoms with van der Waals surface area (Å²) in [5, 5.41) is 4.10. The molecule has 2 aromatic carbocycles. The third kappa shape index (κ3) is 5.45. The van der Waals surface area contributed by atoms with E-state index in [-0.39, 0.29) is 11.8 Å². The van der Waals surface area contributed by atoms with Gasteiger partial charge in [-0.15, -0.1) is 0 Å². The van der Waals surface area contributed by atoms with Crippen LogP contribution < -0.4 is 10.2 Å². The molecule has 0 saturated heterocycles. The summed E-state index contributed by atoms with van der Waals surface area (Å²) < 4.78 is 5.81. The van der Waals surface area contributed by atoms with Gasteiger partial charge in [0.25, 0.3) is 0 Å². The first kappa shape index (κ1) is 17.2. The highest BCUT2D eigenvalue weighted by Crippen LogP contribution is 2.23. The Balaban J connectivity index is 1.51. The van der Waals surface area contributed by atoms with Crippen LogP contribution in [-0.4, -0.2) is 12.1 Å². The number of amides is 1. The molecule has 1 N–H and O–H groups in total. The van der Waals surface area contributed by atoms with Crippen LogP contribution in [-0.2, 0) is 11.4 Å². The van der Waals surface area contributed by atoms with E-state index in [1.807, 2.05) is 54.6 Å². The number of ether oxygens (including phenoxy) is 1. The first-order chi connectivity index (χ1) is 12.3. The van der Waals surface area contributed by atoms with E-state index in [2.05, 4.69) is 10.5 Å². The second kappa shape index (κ2) is 9.02. The van der Waals surface area contributed by atoms with Crippen molar-refractivity contribution in [3.63, 3.8) is 0 Å². The monoisotopic (exact) mass is 336 g/mol. The van der Waals surface area contributed by atoms with Gasteiger partial charge in [-0.3, -0.25) is 4.79 Å². The summed E-state index contributed by atoms with van der Waals surface area (Å²) in [7, 11) is 0. The number of benzene rings is 2. The van der Waals surface area contributed by atoms with Gasteiger partial charge in [0.05, 0.1) is 6.21 Å². The Morgan fingerprint density at radius 1 is 1.08 bits per heavy atom. The van der Waals surface area contributed by atoms with E-state index in [9.17, 15) is 4.79 Å². The Morgan fingerprint density at radius 2 is 1.88 bits per heavy atom. The van der Waals surface area contributed by atoms with Gasteiger partial charge >= 0.3 is 0 Å². The third-order valence-electron chi connectivity index (χ3n) is 4.47. The van der Waals surface area contributed by atoms with Gasteiger partial charge in [0.15, 0.2) is 0 Å². The summed E-state index contributed by atoms with van der Waals surface area (Å²) in [4.78, 5) is 12.1. The molecule has 25 heavy (non-hydrogen) atoms. The molecule has 4 heteroatoms. The maximum Gasteiger partial charge on any atom is 0.243 e. The summed E-state index contributed by atoms with van der Waals surface area (Å²) in [6.45, 7) is 0.528. The largest absolute Gasteiger partial charge is 0.489 e. The van der Waals surface area contributed by atoms with Crippen molar-refractivity contribution < 1.29 is 9.53 Å². The lowest BCUT2D eigenvalue weighted by atomic mass is 9.89. The Bertz CT molecular complexity index is 707. The van der Waals surface area contributed by atoms with Gasteiger partial charge in [0, 0.05) is 5.92 Å². The highest BCUT2D eigenvalue weighted by Gasteiger charge is 2.20. The maximum atomic E-state index is 12.1. The van der Waals surface area contributed by atoms with Crippen LogP contribution in [0, 0.1) is 5.92 Å². The van der Waals surface area contributed by atoms with Crippen LogP contribution in [0.25, 0.3) is 0 Å². The molecule has 0 heterocycles. The summed E-state index contributed by atoms with van der Waals surface area (Å²) in [6.07, 6.45) is 7.14. The summed E-state index contributed by atoms with van der Waals surface area (Å²) >= 11 is 0. The minimum atomic E-state index is 0.0347. The minimum Gasteiger partial charge on any atom is -0.489 e. The van der Waals surface area contributed by atoms with Crippen molar-refractivity contribution >= 4 is 12.1 Å². The van der Waals surface area contributed by atoms with Gasteiger partial charge in [-0.25, -0.2) is 5.43 Å². The van der Waals surface area contributed by atoms with Crippen LogP contribution in [0.4, 0.5) is 0 Å². The van der Waals surface area contributed by atoms with Crippen LogP contribution in [0.2, 0.25) is 0 Å². The van der Waals surface area contributed by atoms with E-state index in [0.29, 0.717) is 6.61 Å². The molecule has 0 bridgehead atoms. The summed E-state index contributed by atoms with van der Waals surface area (Å²) in [5.74, 6) is 0.935. The second-order valence-electron chi connectivity index (χ2n) is 6.42. The fourth-order valence-corrected chi connectivity index (χ4v) is 3.05. The Labute approximate surface area is 148 Å². The summed E-state index contributed by atoms with van der Waals surface area (Å²) in [6, 6.07) is 17.7. The molecule has 1 amide bonds. The lowest BCUT2D eigenvalue weighted by Crippen LogP contribution is -2.28. The lowest BCUT2D eigenvalue weighted by molar-refractivity contribution is -0.125. The highest BCUT2D eigenvalue weighted by atomic mass is 16.5. The van der Waals surface area contributed by atoms with E-state index in [4.69, 9.17) is 4.74 Å². The van der Waals surface area contributed by atoms with E-state index in [1.54, 1.807) is 6.21 Å². The van der Waals surface area contributed by atoms with Gasteiger partial charge in [-0.2, -0.15) is 5.10 Å². The fourth-order valence-electron chi connectivity index (χ4n) is 3.05. The normalized spacial score (nSPS) is 15.2. The van der Waals surface area contributed by atoms with Gasteiger partial charge < -0.3 is 4.74 Å². The van der Waals surface area contributed by atoms with Gasteiger partial charge in [0.1, 0.15) is 12.4 Å². The minimum absolute atomic E-state index is 0.0347. The molecule has 4 nitrogen and oxygen atoms in total.